The summed E-state index contributed by atoms with van der Waals surface area (Å²) in [5, 5.41) is 11.7. The summed E-state index contributed by atoms with van der Waals surface area (Å²) in [6, 6.07) is 3.95. The third-order valence-corrected chi connectivity index (χ3v) is 4.84. The van der Waals surface area contributed by atoms with Gasteiger partial charge in [0.2, 0.25) is 5.13 Å². The second-order valence-corrected chi connectivity index (χ2v) is 6.32. The Morgan fingerprint density at radius 3 is 2.62 bits per heavy atom. The zero-order chi connectivity index (χ0) is 14.7. The Hall–Kier alpha value is -1.53. The fraction of sp³-hybridized carbons (Fsp3) is 0.533. The third-order valence-electron chi connectivity index (χ3n) is 4.02. The van der Waals surface area contributed by atoms with E-state index in [2.05, 4.69) is 26.2 Å². The fourth-order valence-corrected chi connectivity index (χ4v) is 3.49. The van der Waals surface area contributed by atoms with E-state index in [1.54, 1.807) is 12.4 Å². The van der Waals surface area contributed by atoms with Gasteiger partial charge in [-0.2, -0.15) is 4.37 Å². The molecule has 2 aromatic rings. The summed E-state index contributed by atoms with van der Waals surface area (Å²) < 4.78 is 4.33. The molecule has 0 saturated carbocycles. The molecule has 1 aliphatic rings. The van der Waals surface area contributed by atoms with Gasteiger partial charge in [-0.05, 0) is 30.5 Å². The van der Waals surface area contributed by atoms with E-state index >= 15 is 0 Å². The van der Waals surface area contributed by atoms with Gasteiger partial charge in [0.1, 0.15) is 5.82 Å². The molecular weight excluding hydrogens is 284 g/mol. The zero-order valence-corrected chi connectivity index (χ0v) is 13.0. The molecule has 0 amide bonds. The van der Waals surface area contributed by atoms with Crippen LogP contribution in [0.1, 0.15) is 31.2 Å². The predicted octanol–water partition coefficient (Wildman–Crippen LogP) is 2.07. The molecule has 3 rings (SSSR count). The van der Waals surface area contributed by atoms with Gasteiger partial charge in [0.15, 0.2) is 0 Å². The van der Waals surface area contributed by atoms with Crippen LogP contribution >= 0.6 is 11.5 Å². The Morgan fingerprint density at radius 2 is 2.00 bits per heavy atom. The van der Waals surface area contributed by atoms with Crippen LogP contribution in [0.5, 0.6) is 0 Å². The van der Waals surface area contributed by atoms with Crippen LogP contribution in [-0.2, 0) is 12.8 Å². The van der Waals surface area contributed by atoms with Crippen LogP contribution in [0, 0.1) is 0 Å². The van der Waals surface area contributed by atoms with Crippen molar-refractivity contribution in [2.45, 2.75) is 38.2 Å². The molecule has 1 aliphatic heterocycles. The lowest BCUT2D eigenvalue weighted by Crippen LogP contribution is -2.45. The van der Waals surface area contributed by atoms with Crippen LogP contribution in [0.25, 0.3) is 0 Å². The average molecular weight is 304 g/mol. The molecule has 0 spiro atoms. The first kappa shape index (κ1) is 14.4. The van der Waals surface area contributed by atoms with Gasteiger partial charge in [-0.15, -0.1) is 0 Å². The van der Waals surface area contributed by atoms with Crippen LogP contribution in [0.2, 0.25) is 0 Å². The highest BCUT2D eigenvalue weighted by Crippen LogP contribution is 2.29. The summed E-state index contributed by atoms with van der Waals surface area (Å²) in [5.74, 6) is 0.910. The number of piperidine rings is 1. The molecule has 0 atom stereocenters. The predicted molar refractivity (Wildman–Crippen MR) is 83.6 cm³/mol. The molecule has 0 radical (unpaired) electrons. The highest BCUT2D eigenvalue weighted by Gasteiger charge is 2.33. The molecule has 5 nitrogen and oxygen atoms in total. The van der Waals surface area contributed by atoms with Crippen molar-refractivity contribution >= 4 is 16.7 Å². The Bertz CT molecular complexity index is 578. The minimum atomic E-state index is -0.615. The summed E-state index contributed by atoms with van der Waals surface area (Å²) in [4.78, 5) is 10.8. The molecule has 0 aromatic carbocycles. The lowest BCUT2D eigenvalue weighted by Gasteiger charge is -2.38. The molecule has 112 valence electrons. The molecule has 21 heavy (non-hydrogen) atoms. The van der Waals surface area contributed by atoms with E-state index in [0.717, 1.165) is 48.9 Å². The summed E-state index contributed by atoms with van der Waals surface area (Å²) in [6.45, 7) is 3.73. The number of pyridine rings is 1. The van der Waals surface area contributed by atoms with Crippen molar-refractivity contribution in [2.75, 3.05) is 18.0 Å². The van der Waals surface area contributed by atoms with Crippen molar-refractivity contribution in [2.24, 2.45) is 0 Å². The molecule has 0 unspecified atom stereocenters. The van der Waals surface area contributed by atoms with Crippen LogP contribution in [0.4, 0.5) is 5.13 Å². The van der Waals surface area contributed by atoms with E-state index < -0.39 is 5.60 Å². The van der Waals surface area contributed by atoms with E-state index in [0.29, 0.717) is 6.42 Å². The highest BCUT2D eigenvalue weighted by atomic mass is 32.1. The first-order valence-corrected chi connectivity index (χ1v) is 8.15. The number of aryl methyl sites for hydroxylation is 1. The molecule has 1 N–H and O–H groups in total. The van der Waals surface area contributed by atoms with Crippen LogP contribution in [0.15, 0.2) is 24.5 Å². The van der Waals surface area contributed by atoms with E-state index in [1.165, 1.54) is 11.5 Å². The lowest BCUT2D eigenvalue weighted by molar-refractivity contribution is 0.0165. The maximum Gasteiger partial charge on any atom is 0.205 e. The fourth-order valence-electron chi connectivity index (χ4n) is 2.69. The summed E-state index contributed by atoms with van der Waals surface area (Å²) in [6.07, 6.45) is 6.64. The Morgan fingerprint density at radius 1 is 1.29 bits per heavy atom. The first-order chi connectivity index (χ1) is 10.2. The molecular formula is C15H20N4OS. The Kier molecular flexibility index (Phi) is 4.17. The number of aromatic nitrogens is 3. The van der Waals surface area contributed by atoms with E-state index in [9.17, 15) is 5.11 Å². The number of anilines is 1. The number of rotatable bonds is 4. The molecule has 1 saturated heterocycles. The van der Waals surface area contributed by atoms with Gasteiger partial charge in [-0.1, -0.05) is 6.92 Å². The van der Waals surface area contributed by atoms with Gasteiger partial charge in [-0.3, -0.25) is 4.98 Å². The Labute approximate surface area is 128 Å². The molecule has 1 fully saturated rings. The SMILES string of the molecule is CCc1nsc(N2CCC(O)(Cc3ccncc3)CC2)n1. The summed E-state index contributed by atoms with van der Waals surface area (Å²) in [5.41, 5.74) is 0.529. The van der Waals surface area contributed by atoms with Crippen molar-refractivity contribution in [3.05, 3.63) is 35.9 Å². The van der Waals surface area contributed by atoms with Crippen LogP contribution in [0.3, 0.4) is 0 Å². The summed E-state index contributed by atoms with van der Waals surface area (Å²) >= 11 is 1.46. The number of nitrogens with zero attached hydrogens (tertiary/aromatic N) is 4. The Balaban J connectivity index is 1.61. The normalized spacial score (nSPS) is 17.9. The molecule has 3 heterocycles. The van der Waals surface area contributed by atoms with Gasteiger partial charge in [0.05, 0.1) is 5.60 Å². The van der Waals surface area contributed by atoms with Crippen molar-refractivity contribution in [1.29, 1.82) is 0 Å². The zero-order valence-electron chi connectivity index (χ0n) is 12.2. The second kappa shape index (κ2) is 6.07. The highest BCUT2D eigenvalue weighted by molar-refractivity contribution is 7.09. The number of aliphatic hydroxyl groups is 1. The smallest absolute Gasteiger partial charge is 0.205 e. The van der Waals surface area contributed by atoms with Crippen molar-refractivity contribution < 1.29 is 5.11 Å². The maximum absolute atomic E-state index is 10.8. The first-order valence-electron chi connectivity index (χ1n) is 7.37. The monoisotopic (exact) mass is 304 g/mol. The molecule has 2 aromatic heterocycles. The minimum absolute atomic E-state index is 0.615. The number of hydrogen-bond acceptors (Lipinski definition) is 6. The molecule has 0 aliphatic carbocycles. The topological polar surface area (TPSA) is 62.1 Å². The standard InChI is InChI=1S/C15H20N4OS/c1-2-13-17-14(21-18-13)19-9-5-15(20,6-10-19)11-12-3-7-16-8-4-12/h3-4,7-8,20H,2,5-6,9-11H2,1H3. The largest absolute Gasteiger partial charge is 0.389 e. The van der Waals surface area contributed by atoms with E-state index in [4.69, 9.17) is 0 Å². The lowest BCUT2D eigenvalue weighted by atomic mass is 9.86. The van der Waals surface area contributed by atoms with Gasteiger partial charge in [-0.25, -0.2) is 4.98 Å². The number of hydrogen-bond donors (Lipinski definition) is 1. The van der Waals surface area contributed by atoms with Gasteiger partial charge in [0, 0.05) is 49.9 Å². The van der Waals surface area contributed by atoms with Crippen molar-refractivity contribution in [3.8, 4) is 0 Å². The quantitative estimate of drug-likeness (QED) is 0.937. The average Bonchev–Trinajstić information content (AvgIpc) is 2.98. The molecule has 0 bridgehead atoms. The third kappa shape index (κ3) is 3.39. The van der Waals surface area contributed by atoms with Crippen LogP contribution < -0.4 is 4.90 Å². The van der Waals surface area contributed by atoms with Crippen molar-refractivity contribution in [1.82, 2.24) is 14.3 Å². The van der Waals surface area contributed by atoms with Gasteiger partial charge < -0.3 is 10.0 Å². The van der Waals surface area contributed by atoms with Gasteiger partial charge >= 0.3 is 0 Å². The van der Waals surface area contributed by atoms with Gasteiger partial charge in [0.25, 0.3) is 0 Å². The summed E-state index contributed by atoms with van der Waals surface area (Å²) in [7, 11) is 0. The second-order valence-electron chi connectivity index (χ2n) is 5.59. The van der Waals surface area contributed by atoms with E-state index in [-0.39, 0.29) is 0 Å². The molecule has 6 heteroatoms. The minimum Gasteiger partial charge on any atom is -0.389 e. The van der Waals surface area contributed by atoms with Crippen LogP contribution in [-0.4, -0.2) is 38.1 Å². The van der Waals surface area contributed by atoms with E-state index in [1.807, 2.05) is 12.1 Å². The maximum atomic E-state index is 10.8. The van der Waals surface area contributed by atoms with Crippen molar-refractivity contribution in [3.63, 3.8) is 0 Å².